The molecule has 0 atom stereocenters. The van der Waals surface area contributed by atoms with Crippen LogP contribution in [0.2, 0.25) is 0 Å². The van der Waals surface area contributed by atoms with Crippen LogP contribution < -0.4 is 21.3 Å². The van der Waals surface area contributed by atoms with Crippen LogP contribution in [0.4, 0.5) is 5.69 Å². The molecule has 3 aromatic rings. The van der Waals surface area contributed by atoms with Gasteiger partial charge in [0.1, 0.15) is 11.3 Å². The predicted molar refractivity (Wildman–Crippen MR) is 98.3 cm³/mol. The summed E-state index contributed by atoms with van der Waals surface area (Å²) in [5, 5.41) is 2.63. The van der Waals surface area contributed by atoms with Gasteiger partial charge in [-0.05, 0) is 31.2 Å². The molecule has 0 saturated heterocycles. The summed E-state index contributed by atoms with van der Waals surface area (Å²) in [6, 6.07) is 13.6. The van der Waals surface area contributed by atoms with Gasteiger partial charge in [-0.25, -0.2) is 9.36 Å². The monoisotopic (exact) mass is 351 g/mol. The number of hydrogen-bond acceptors (Lipinski definition) is 4. The number of aryl methyl sites for hydroxylation is 1. The summed E-state index contributed by atoms with van der Waals surface area (Å²) < 4.78 is 6.03. The lowest BCUT2D eigenvalue weighted by atomic mass is 10.2. The Bertz CT molecular complexity index is 1070. The van der Waals surface area contributed by atoms with Crippen molar-refractivity contribution in [1.82, 2.24) is 9.55 Å². The van der Waals surface area contributed by atoms with E-state index in [0.717, 1.165) is 16.3 Å². The second-order valence-electron chi connectivity index (χ2n) is 5.67. The summed E-state index contributed by atoms with van der Waals surface area (Å²) in [4.78, 5) is 39.7. The minimum atomic E-state index is -0.696. The van der Waals surface area contributed by atoms with Crippen molar-refractivity contribution in [2.75, 3.05) is 12.4 Å². The fourth-order valence-corrected chi connectivity index (χ4v) is 2.46. The number of rotatable bonds is 4. The van der Waals surface area contributed by atoms with Gasteiger partial charge in [-0.3, -0.25) is 9.59 Å². The number of anilines is 1. The molecule has 0 aliphatic carbocycles. The Morgan fingerprint density at radius 2 is 1.85 bits per heavy atom. The van der Waals surface area contributed by atoms with Crippen molar-refractivity contribution in [2.45, 2.75) is 6.92 Å². The van der Waals surface area contributed by atoms with Gasteiger partial charge in [-0.1, -0.05) is 23.8 Å². The molecule has 0 bridgehead atoms. The molecule has 0 aliphatic heterocycles. The van der Waals surface area contributed by atoms with Crippen molar-refractivity contribution in [3.8, 4) is 11.4 Å². The lowest BCUT2D eigenvalue weighted by Gasteiger charge is -2.09. The average Bonchev–Trinajstić information content (AvgIpc) is 2.63. The van der Waals surface area contributed by atoms with Crippen LogP contribution in [0.1, 0.15) is 15.9 Å². The van der Waals surface area contributed by atoms with E-state index in [-0.39, 0.29) is 5.56 Å². The van der Waals surface area contributed by atoms with E-state index in [4.69, 9.17) is 4.74 Å². The third-order valence-electron chi connectivity index (χ3n) is 3.84. The molecule has 0 aliphatic rings. The minimum Gasteiger partial charge on any atom is -0.497 e. The van der Waals surface area contributed by atoms with Gasteiger partial charge in [0, 0.05) is 18.0 Å². The summed E-state index contributed by atoms with van der Waals surface area (Å²) in [6.45, 7) is 1.90. The third-order valence-corrected chi connectivity index (χ3v) is 3.84. The number of benzene rings is 2. The zero-order valence-electron chi connectivity index (χ0n) is 14.3. The predicted octanol–water partition coefficient (Wildman–Crippen LogP) is 2.10. The van der Waals surface area contributed by atoms with Crippen molar-refractivity contribution in [3.05, 3.63) is 86.7 Å². The lowest BCUT2D eigenvalue weighted by molar-refractivity contribution is 0.102. The molecular formula is C19H17N3O4. The highest BCUT2D eigenvalue weighted by Crippen LogP contribution is 2.17. The topological polar surface area (TPSA) is 93.2 Å². The molecule has 1 amide bonds. The van der Waals surface area contributed by atoms with Gasteiger partial charge >= 0.3 is 5.69 Å². The molecule has 0 radical (unpaired) electrons. The molecule has 0 fully saturated rings. The summed E-state index contributed by atoms with van der Waals surface area (Å²) in [5.74, 6) is -0.0540. The molecule has 7 nitrogen and oxygen atoms in total. The van der Waals surface area contributed by atoms with Crippen LogP contribution in [0.25, 0.3) is 5.69 Å². The molecule has 0 saturated carbocycles. The molecule has 0 unspecified atom stereocenters. The maximum Gasteiger partial charge on any atom is 0.333 e. The van der Waals surface area contributed by atoms with Gasteiger partial charge in [0.2, 0.25) is 0 Å². The number of aromatic nitrogens is 2. The van der Waals surface area contributed by atoms with Crippen molar-refractivity contribution in [3.63, 3.8) is 0 Å². The Hall–Kier alpha value is -3.61. The first-order valence-corrected chi connectivity index (χ1v) is 7.87. The molecule has 0 spiro atoms. The van der Waals surface area contributed by atoms with Gasteiger partial charge in [-0.2, -0.15) is 0 Å². The fraction of sp³-hybridized carbons (Fsp3) is 0.105. The highest BCUT2D eigenvalue weighted by atomic mass is 16.5. The number of nitrogens with zero attached hydrogens (tertiary/aromatic N) is 1. The van der Waals surface area contributed by atoms with E-state index in [2.05, 4.69) is 10.3 Å². The molecule has 2 N–H and O–H groups in total. The van der Waals surface area contributed by atoms with Crippen molar-refractivity contribution < 1.29 is 9.53 Å². The van der Waals surface area contributed by atoms with Gasteiger partial charge in [0.25, 0.3) is 11.5 Å². The van der Waals surface area contributed by atoms with E-state index in [0.29, 0.717) is 17.1 Å². The molecule has 7 heteroatoms. The number of carbonyl (C=O) groups excluding carboxylic acids is 1. The Kier molecular flexibility index (Phi) is 4.70. The van der Waals surface area contributed by atoms with Crippen LogP contribution in [0, 0.1) is 6.92 Å². The standard InChI is InChI=1S/C19H17N3O4/c1-12-6-8-14(9-7-12)22-18(24)16(11-20-19(22)25)17(23)21-13-4-3-5-15(10-13)26-2/h3-11H,1-2H3,(H,20,25)(H,21,23). The van der Waals surface area contributed by atoms with Crippen molar-refractivity contribution in [1.29, 1.82) is 0 Å². The number of carbonyl (C=O) groups is 1. The molecule has 26 heavy (non-hydrogen) atoms. The van der Waals surface area contributed by atoms with E-state index in [1.807, 2.05) is 6.92 Å². The van der Waals surface area contributed by atoms with E-state index < -0.39 is 17.2 Å². The number of aromatic amines is 1. The van der Waals surface area contributed by atoms with Crippen LogP contribution in [-0.2, 0) is 0 Å². The molecule has 2 aromatic carbocycles. The first-order valence-electron chi connectivity index (χ1n) is 7.87. The van der Waals surface area contributed by atoms with Gasteiger partial charge in [0.05, 0.1) is 12.8 Å². The second kappa shape index (κ2) is 7.10. The van der Waals surface area contributed by atoms with Crippen LogP contribution in [0.3, 0.4) is 0 Å². The molecular weight excluding hydrogens is 334 g/mol. The number of nitrogens with one attached hydrogen (secondary N) is 2. The first kappa shape index (κ1) is 17.2. The first-order chi connectivity index (χ1) is 12.5. The van der Waals surface area contributed by atoms with E-state index in [9.17, 15) is 14.4 Å². The smallest absolute Gasteiger partial charge is 0.333 e. The van der Waals surface area contributed by atoms with Crippen LogP contribution in [-0.4, -0.2) is 22.6 Å². The molecule has 132 valence electrons. The Labute approximate surface area is 148 Å². The van der Waals surface area contributed by atoms with Gasteiger partial charge in [0.15, 0.2) is 0 Å². The molecule has 1 aromatic heterocycles. The minimum absolute atomic E-state index is 0.173. The quantitative estimate of drug-likeness (QED) is 0.753. The summed E-state index contributed by atoms with van der Waals surface area (Å²) in [7, 11) is 1.52. The van der Waals surface area contributed by atoms with E-state index in [1.54, 1.807) is 48.5 Å². The Morgan fingerprint density at radius 1 is 1.12 bits per heavy atom. The van der Waals surface area contributed by atoms with Crippen molar-refractivity contribution in [2.24, 2.45) is 0 Å². The number of H-pyrrole nitrogens is 1. The summed E-state index contributed by atoms with van der Waals surface area (Å²) in [5.41, 5.74) is 0.368. The third kappa shape index (κ3) is 3.41. The van der Waals surface area contributed by atoms with Gasteiger partial charge < -0.3 is 15.0 Å². The second-order valence-corrected chi connectivity index (χ2v) is 5.67. The van der Waals surface area contributed by atoms with Gasteiger partial charge in [-0.15, -0.1) is 0 Å². The number of methoxy groups -OCH3 is 1. The Morgan fingerprint density at radius 3 is 2.54 bits per heavy atom. The maximum absolute atomic E-state index is 12.7. The average molecular weight is 351 g/mol. The molecule has 3 rings (SSSR count). The number of ether oxygens (including phenoxy) is 1. The largest absolute Gasteiger partial charge is 0.497 e. The van der Waals surface area contributed by atoms with Crippen LogP contribution >= 0.6 is 0 Å². The normalized spacial score (nSPS) is 10.4. The summed E-state index contributed by atoms with van der Waals surface area (Å²) in [6.07, 6.45) is 1.12. The lowest BCUT2D eigenvalue weighted by Crippen LogP contribution is -2.38. The highest BCUT2D eigenvalue weighted by molar-refractivity contribution is 6.03. The summed E-state index contributed by atoms with van der Waals surface area (Å²) >= 11 is 0. The SMILES string of the molecule is COc1cccc(NC(=O)c2c[nH]c(=O)n(-c3ccc(C)cc3)c2=O)c1. The Balaban J connectivity index is 1.99. The van der Waals surface area contributed by atoms with Crippen LogP contribution in [0.5, 0.6) is 5.75 Å². The number of amides is 1. The fourth-order valence-electron chi connectivity index (χ4n) is 2.46. The van der Waals surface area contributed by atoms with Crippen LogP contribution in [0.15, 0.2) is 64.3 Å². The highest BCUT2D eigenvalue weighted by Gasteiger charge is 2.16. The molecule has 1 heterocycles. The maximum atomic E-state index is 12.7. The van der Waals surface area contributed by atoms with E-state index >= 15 is 0 Å². The van der Waals surface area contributed by atoms with E-state index in [1.165, 1.54) is 7.11 Å². The van der Waals surface area contributed by atoms with Crippen molar-refractivity contribution >= 4 is 11.6 Å². The number of hydrogen-bond donors (Lipinski definition) is 2. The zero-order valence-corrected chi connectivity index (χ0v) is 14.3. The zero-order chi connectivity index (χ0) is 18.7.